The van der Waals surface area contributed by atoms with E-state index in [-0.39, 0.29) is 0 Å². The van der Waals surface area contributed by atoms with E-state index in [0.717, 1.165) is 18.4 Å². The van der Waals surface area contributed by atoms with Gasteiger partial charge in [-0.25, -0.2) is 4.98 Å². The van der Waals surface area contributed by atoms with E-state index in [1.165, 1.54) is 36.9 Å². The monoisotopic (exact) mass is 223 g/mol. The highest BCUT2D eigenvalue weighted by molar-refractivity contribution is 7.09. The van der Waals surface area contributed by atoms with Gasteiger partial charge in [-0.15, -0.1) is 11.3 Å². The molecule has 0 aliphatic carbocycles. The minimum atomic E-state index is 0.893. The van der Waals surface area contributed by atoms with E-state index < -0.39 is 0 Å². The van der Waals surface area contributed by atoms with E-state index in [1.54, 1.807) is 11.3 Å². The zero-order valence-corrected chi connectivity index (χ0v) is 9.89. The summed E-state index contributed by atoms with van der Waals surface area (Å²) in [4.78, 5) is 7.09. The molecule has 4 heteroatoms. The third kappa shape index (κ3) is 1.94. The maximum absolute atomic E-state index is 4.53. The summed E-state index contributed by atoms with van der Waals surface area (Å²) >= 11 is 1.76. The number of hydrogen-bond acceptors (Lipinski definition) is 4. The third-order valence-electron chi connectivity index (χ3n) is 3.52. The molecule has 0 bridgehead atoms. The number of fused-ring (bicyclic) bond motifs is 1. The molecule has 0 aromatic carbocycles. The number of likely N-dealkylation sites (tertiary alicyclic amines) is 1. The van der Waals surface area contributed by atoms with Crippen LogP contribution in [0.3, 0.4) is 0 Å². The van der Waals surface area contributed by atoms with Crippen LogP contribution in [0.25, 0.3) is 0 Å². The summed E-state index contributed by atoms with van der Waals surface area (Å²) in [7, 11) is 0. The van der Waals surface area contributed by atoms with Crippen molar-refractivity contribution in [3.8, 4) is 0 Å². The van der Waals surface area contributed by atoms with Gasteiger partial charge in [0.2, 0.25) is 0 Å². The van der Waals surface area contributed by atoms with Crippen molar-refractivity contribution in [3.05, 3.63) is 16.1 Å². The maximum Gasteiger partial charge on any atom is 0.0897 e. The van der Waals surface area contributed by atoms with Crippen molar-refractivity contribution in [1.82, 2.24) is 15.2 Å². The number of nitrogens with one attached hydrogen (secondary N) is 1. The van der Waals surface area contributed by atoms with E-state index in [0.29, 0.717) is 0 Å². The Balaban J connectivity index is 1.61. The standard InChI is InChI=1S/C11H17N3S/c1-8-13-11(7-15-8)6-14-4-9-2-12-3-10(9)5-14/h7,9-10,12H,2-6H2,1H3. The number of rotatable bonds is 2. The van der Waals surface area contributed by atoms with Crippen LogP contribution >= 0.6 is 11.3 Å². The van der Waals surface area contributed by atoms with E-state index in [2.05, 4.69) is 27.5 Å². The number of hydrogen-bond donors (Lipinski definition) is 1. The topological polar surface area (TPSA) is 28.2 Å². The molecule has 3 heterocycles. The molecule has 82 valence electrons. The van der Waals surface area contributed by atoms with Gasteiger partial charge in [-0.1, -0.05) is 0 Å². The molecule has 2 saturated heterocycles. The lowest BCUT2D eigenvalue weighted by Gasteiger charge is -2.14. The molecular formula is C11H17N3S. The number of nitrogens with zero attached hydrogens (tertiary/aromatic N) is 2. The molecule has 3 rings (SSSR count). The number of aryl methyl sites for hydroxylation is 1. The Labute approximate surface area is 94.5 Å². The van der Waals surface area contributed by atoms with Gasteiger partial charge in [-0.2, -0.15) is 0 Å². The number of aromatic nitrogens is 1. The highest BCUT2D eigenvalue weighted by Gasteiger charge is 2.35. The highest BCUT2D eigenvalue weighted by Crippen LogP contribution is 2.27. The molecule has 0 saturated carbocycles. The van der Waals surface area contributed by atoms with Gasteiger partial charge in [0.15, 0.2) is 0 Å². The van der Waals surface area contributed by atoms with Crippen LogP contribution in [0.5, 0.6) is 0 Å². The number of thiazole rings is 1. The SMILES string of the molecule is Cc1nc(CN2CC3CNCC3C2)cs1. The Bertz CT molecular complexity index is 337. The Morgan fingerprint density at radius 3 is 2.80 bits per heavy atom. The molecule has 1 aromatic rings. The predicted molar refractivity (Wildman–Crippen MR) is 62.0 cm³/mol. The Morgan fingerprint density at radius 2 is 2.20 bits per heavy atom. The molecule has 2 aliphatic rings. The van der Waals surface area contributed by atoms with Gasteiger partial charge < -0.3 is 5.32 Å². The first kappa shape index (κ1) is 9.75. The average molecular weight is 223 g/mol. The predicted octanol–water partition coefficient (Wildman–Crippen LogP) is 1.10. The van der Waals surface area contributed by atoms with Crippen molar-refractivity contribution in [3.63, 3.8) is 0 Å². The lowest BCUT2D eigenvalue weighted by Crippen LogP contribution is -2.25. The zero-order valence-electron chi connectivity index (χ0n) is 9.07. The molecule has 1 aromatic heterocycles. The minimum Gasteiger partial charge on any atom is -0.316 e. The van der Waals surface area contributed by atoms with E-state index >= 15 is 0 Å². The fourth-order valence-electron chi connectivity index (χ4n) is 2.79. The Morgan fingerprint density at radius 1 is 1.47 bits per heavy atom. The molecule has 2 atom stereocenters. The van der Waals surface area contributed by atoms with Crippen LogP contribution in [0.15, 0.2) is 5.38 Å². The van der Waals surface area contributed by atoms with E-state index in [1.807, 2.05) is 0 Å². The normalized spacial score (nSPS) is 31.0. The van der Waals surface area contributed by atoms with Crippen molar-refractivity contribution >= 4 is 11.3 Å². The van der Waals surface area contributed by atoms with E-state index in [4.69, 9.17) is 0 Å². The quantitative estimate of drug-likeness (QED) is 0.814. The third-order valence-corrected chi connectivity index (χ3v) is 4.34. The molecule has 0 amide bonds. The molecule has 15 heavy (non-hydrogen) atoms. The van der Waals surface area contributed by atoms with Gasteiger partial charge in [0, 0.05) is 25.0 Å². The summed E-state index contributed by atoms with van der Waals surface area (Å²) in [5.74, 6) is 1.79. The smallest absolute Gasteiger partial charge is 0.0897 e. The van der Waals surface area contributed by atoms with Gasteiger partial charge in [0.05, 0.1) is 10.7 Å². The van der Waals surface area contributed by atoms with Gasteiger partial charge in [0.25, 0.3) is 0 Å². The van der Waals surface area contributed by atoms with Crippen molar-refractivity contribution in [2.24, 2.45) is 11.8 Å². The van der Waals surface area contributed by atoms with Crippen LogP contribution in [-0.4, -0.2) is 36.1 Å². The summed E-state index contributed by atoms with van der Waals surface area (Å²) < 4.78 is 0. The van der Waals surface area contributed by atoms with Crippen LogP contribution in [-0.2, 0) is 6.54 Å². The second-order valence-electron chi connectivity index (χ2n) is 4.73. The van der Waals surface area contributed by atoms with Crippen molar-refractivity contribution in [1.29, 1.82) is 0 Å². The Kier molecular flexibility index (Phi) is 2.50. The summed E-state index contributed by atoms with van der Waals surface area (Å²) in [6.07, 6.45) is 0. The Hall–Kier alpha value is -0.450. The van der Waals surface area contributed by atoms with Crippen LogP contribution < -0.4 is 5.32 Å². The van der Waals surface area contributed by atoms with Gasteiger partial charge >= 0.3 is 0 Å². The minimum absolute atomic E-state index is 0.893. The maximum atomic E-state index is 4.53. The average Bonchev–Trinajstić information content (AvgIpc) is 2.81. The molecule has 3 nitrogen and oxygen atoms in total. The molecule has 2 fully saturated rings. The fourth-order valence-corrected chi connectivity index (χ4v) is 3.40. The van der Waals surface area contributed by atoms with Gasteiger partial charge in [-0.3, -0.25) is 4.90 Å². The van der Waals surface area contributed by atoms with Gasteiger partial charge in [0.1, 0.15) is 0 Å². The van der Waals surface area contributed by atoms with Gasteiger partial charge in [-0.05, 0) is 31.8 Å². The second-order valence-corrected chi connectivity index (χ2v) is 5.79. The first-order valence-corrected chi connectivity index (χ1v) is 6.53. The zero-order chi connectivity index (χ0) is 10.3. The van der Waals surface area contributed by atoms with Crippen LogP contribution in [0.4, 0.5) is 0 Å². The van der Waals surface area contributed by atoms with Crippen molar-refractivity contribution in [2.45, 2.75) is 13.5 Å². The molecule has 0 spiro atoms. The summed E-state index contributed by atoms with van der Waals surface area (Å²) in [6, 6.07) is 0. The van der Waals surface area contributed by atoms with Crippen LogP contribution in [0, 0.1) is 18.8 Å². The lowest BCUT2D eigenvalue weighted by molar-refractivity contribution is 0.302. The molecule has 1 N–H and O–H groups in total. The fraction of sp³-hybridized carbons (Fsp3) is 0.727. The summed E-state index contributed by atoms with van der Waals surface area (Å²) in [6.45, 7) is 8.09. The molecule has 2 unspecified atom stereocenters. The van der Waals surface area contributed by atoms with Crippen molar-refractivity contribution < 1.29 is 0 Å². The lowest BCUT2D eigenvalue weighted by atomic mass is 10.0. The summed E-state index contributed by atoms with van der Waals surface area (Å²) in [5.41, 5.74) is 1.26. The van der Waals surface area contributed by atoms with Crippen LogP contribution in [0.2, 0.25) is 0 Å². The molecular weight excluding hydrogens is 206 g/mol. The second kappa shape index (κ2) is 3.85. The largest absolute Gasteiger partial charge is 0.316 e. The highest BCUT2D eigenvalue weighted by atomic mass is 32.1. The molecule has 2 aliphatic heterocycles. The first-order valence-electron chi connectivity index (χ1n) is 5.65. The first-order chi connectivity index (χ1) is 7.31. The summed E-state index contributed by atoms with van der Waals surface area (Å²) in [5, 5.41) is 6.85. The van der Waals surface area contributed by atoms with Crippen LogP contribution in [0.1, 0.15) is 10.7 Å². The molecule has 0 radical (unpaired) electrons. The van der Waals surface area contributed by atoms with E-state index in [9.17, 15) is 0 Å². The van der Waals surface area contributed by atoms with Crippen molar-refractivity contribution in [2.75, 3.05) is 26.2 Å².